The predicted molar refractivity (Wildman–Crippen MR) is 60.3 cm³/mol. The zero-order chi connectivity index (χ0) is 10.8. The molecule has 0 atom stereocenters. The van der Waals surface area contributed by atoms with Gasteiger partial charge in [0, 0.05) is 21.5 Å². The first-order valence-corrected chi connectivity index (χ1v) is 5.22. The summed E-state index contributed by atoms with van der Waals surface area (Å²) in [5.74, 6) is 2.00. The van der Waals surface area contributed by atoms with Crippen LogP contribution < -0.4 is 14.2 Å². The van der Waals surface area contributed by atoms with Crippen LogP contribution in [-0.2, 0) is 0 Å². The average Bonchev–Trinajstić information content (AvgIpc) is 2.73. The molecule has 2 rings (SSSR count). The number of fused-ring (bicyclic) bond motifs is 1. The van der Waals surface area contributed by atoms with Gasteiger partial charge in [-0.1, -0.05) is 0 Å². The minimum atomic E-state index is 0.624. The molecule has 0 bridgehead atoms. The van der Waals surface area contributed by atoms with E-state index in [4.69, 9.17) is 14.2 Å². The van der Waals surface area contributed by atoms with Crippen molar-refractivity contribution in [1.29, 1.82) is 0 Å². The first-order chi connectivity index (χ1) is 7.31. The minimum Gasteiger partial charge on any atom is -0.493 e. The second kappa shape index (κ2) is 3.98. The van der Waals surface area contributed by atoms with Crippen LogP contribution in [0.4, 0.5) is 0 Å². The Morgan fingerprint density at radius 2 is 1.80 bits per heavy atom. The van der Waals surface area contributed by atoms with Crippen molar-refractivity contribution in [2.75, 3.05) is 21.3 Å². The molecule has 1 radical (unpaired) electrons. The predicted octanol–water partition coefficient (Wildman–Crippen LogP) is 2.73. The van der Waals surface area contributed by atoms with Crippen LogP contribution in [-0.4, -0.2) is 21.3 Å². The lowest BCUT2D eigenvalue weighted by Crippen LogP contribution is -1.94. The number of thiophene rings is 1. The number of hydrogen-bond donors (Lipinski definition) is 0. The SMILES string of the molecule is COc1cc2s[c]cc2c(OC)c1OC. The van der Waals surface area contributed by atoms with Crippen LogP contribution in [0.3, 0.4) is 0 Å². The Balaban J connectivity index is 2.78. The third-order valence-corrected chi connectivity index (χ3v) is 3.00. The Labute approximate surface area is 92.2 Å². The molecule has 0 saturated carbocycles. The molecule has 2 aromatic rings. The highest BCUT2D eigenvalue weighted by Gasteiger charge is 2.16. The van der Waals surface area contributed by atoms with E-state index in [9.17, 15) is 0 Å². The largest absolute Gasteiger partial charge is 0.493 e. The molecule has 0 fully saturated rings. The first-order valence-electron chi connectivity index (χ1n) is 4.40. The summed E-state index contributed by atoms with van der Waals surface area (Å²) in [6.07, 6.45) is 0. The van der Waals surface area contributed by atoms with Crippen molar-refractivity contribution >= 4 is 21.4 Å². The molecule has 0 aliphatic heterocycles. The molecule has 1 heterocycles. The van der Waals surface area contributed by atoms with E-state index in [0.717, 1.165) is 10.1 Å². The fraction of sp³-hybridized carbons (Fsp3) is 0.273. The molecule has 4 heteroatoms. The van der Waals surface area contributed by atoms with Crippen LogP contribution in [0, 0.1) is 5.38 Å². The normalized spacial score (nSPS) is 10.3. The van der Waals surface area contributed by atoms with Gasteiger partial charge in [0.1, 0.15) is 0 Å². The van der Waals surface area contributed by atoms with E-state index in [1.165, 1.54) is 11.3 Å². The van der Waals surface area contributed by atoms with Gasteiger partial charge in [0.05, 0.1) is 21.3 Å². The molecule has 0 aliphatic rings. The molecule has 0 saturated heterocycles. The quantitative estimate of drug-likeness (QED) is 0.800. The summed E-state index contributed by atoms with van der Waals surface area (Å²) >= 11 is 1.53. The number of benzene rings is 1. The second-order valence-corrected chi connectivity index (χ2v) is 3.80. The number of rotatable bonds is 3. The van der Waals surface area contributed by atoms with E-state index in [-0.39, 0.29) is 0 Å². The molecule has 15 heavy (non-hydrogen) atoms. The van der Waals surface area contributed by atoms with Crippen molar-refractivity contribution in [2.45, 2.75) is 0 Å². The summed E-state index contributed by atoms with van der Waals surface area (Å²) in [5.41, 5.74) is 0. The molecular formula is C11H11O3S. The summed E-state index contributed by atoms with van der Waals surface area (Å²) in [6.45, 7) is 0. The average molecular weight is 223 g/mol. The zero-order valence-electron chi connectivity index (χ0n) is 8.79. The summed E-state index contributed by atoms with van der Waals surface area (Å²) in [4.78, 5) is 0. The maximum absolute atomic E-state index is 5.33. The van der Waals surface area contributed by atoms with Crippen LogP contribution in [0.15, 0.2) is 12.1 Å². The highest BCUT2D eigenvalue weighted by molar-refractivity contribution is 7.16. The van der Waals surface area contributed by atoms with Gasteiger partial charge in [0.2, 0.25) is 5.75 Å². The molecule has 79 valence electrons. The topological polar surface area (TPSA) is 27.7 Å². The Bertz CT molecular complexity index is 476. The van der Waals surface area contributed by atoms with Crippen molar-refractivity contribution in [3.8, 4) is 17.2 Å². The van der Waals surface area contributed by atoms with E-state index in [2.05, 4.69) is 5.38 Å². The standard InChI is InChI=1S/C11H11O3S/c1-12-8-6-9-7(4-5-15-9)10(13-2)11(8)14-3/h4,6H,1-3H3. The fourth-order valence-corrected chi connectivity index (χ4v) is 2.26. The molecule has 0 amide bonds. The molecule has 0 N–H and O–H groups in total. The lowest BCUT2D eigenvalue weighted by atomic mass is 10.2. The summed E-state index contributed by atoms with van der Waals surface area (Å²) in [6, 6.07) is 3.82. The van der Waals surface area contributed by atoms with Crippen LogP contribution in [0.25, 0.3) is 10.1 Å². The number of methoxy groups -OCH3 is 3. The van der Waals surface area contributed by atoms with Crippen LogP contribution in [0.1, 0.15) is 0 Å². The third-order valence-electron chi connectivity index (χ3n) is 2.20. The highest BCUT2D eigenvalue weighted by Crippen LogP contribution is 2.44. The van der Waals surface area contributed by atoms with E-state index >= 15 is 0 Å². The second-order valence-electron chi connectivity index (χ2n) is 2.92. The number of ether oxygens (including phenoxy) is 3. The van der Waals surface area contributed by atoms with E-state index < -0.39 is 0 Å². The Morgan fingerprint density at radius 3 is 2.40 bits per heavy atom. The van der Waals surface area contributed by atoms with Gasteiger partial charge in [-0.05, 0) is 6.07 Å². The van der Waals surface area contributed by atoms with E-state index in [1.807, 2.05) is 12.1 Å². The van der Waals surface area contributed by atoms with Crippen molar-refractivity contribution in [1.82, 2.24) is 0 Å². The van der Waals surface area contributed by atoms with E-state index in [1.54, 1.807) is 21.3 Å². The summed E-state index contributed by atoms with van der Waals surface area (Å²) < 4.78 is 16.9. The van der Waals surface area contributed by atoms with Crippen molar-refractivity contribution in [2.24, 2.45) is 0 Å². The summed E-state index contributed by atoms with van der Waals surface area (Å²) in [7, 11) is 4.83. The van der Waals surface area contributed by atoms with Gasteiger partial charge in [-0.2, -0.15) is 0 Å². The van der Waals surface area contributed by atoms with Gasteiger partial charge >= 0.3 is 0 Å². The highest BCUT2D eigenvalue weighted by atomic mass is 32.1. The number of hydrogen-bond acceptors (Lipinski definition) is 4. The van der Waals surface area contributed by atoms with Gasteiger partial charge in [0.15, 0.2) is 11.5 Å². The molecule has 0 unspecified atom stereocenters. The van der Waals surface area contributed by atoms with Gasteiger partial charge < -0.3 is 14.2 Å². The van der Waals surface area contributed by atoms with Crippen molar-refractivity contribution < 1.29 is 14.2 Å². The van der Waals surface area contributed by atoms with Crippen LogP contribution >= 0.6 is 11.3 Å². The fourth-order valence-electron chi connectivity index (χ4n) is 1.53. The van der Waals surface area contributed by atoms with E-state index in [0.29, 0.717) is 17.2 Å². The maximum atomic E-state index is 5.33. The molecule has 0 aliphatic carbocycles. The van der Waals surface area contributed by atoms with Gasteiger partial charge in [-0.3, -0.25) is 0 Å². The van der Waals surface area contributed by atoms with Gasteiger partial charge in [0.25, 0.3) is 0 Å². The monoisotopic (exact) mass is 223 g/mol. The first kappa shape index (κ1) is 10.1. The molecule has 1 aromatic heterocycles. The Hall–Kier alpha value is -1.42. The van der Waals surface area contributed by atoms with Gasteiger partial charge in [-0.25, -0.2) is 0 Å². The molecule has 1 aromatic carbocycles. The summed E-state index contributed by atoms with van der Waals surface area (Å²) in [5, 5.41) is 4.07. The molecule has 0 spiro atoms. The maximum Gasteiger partial charge on any atom is 0.204 e. The Morgan fingerprint density at radius 1 is 1.07 bits per heavy atom. The smallest absolute Gasteiger partial charge is 0.204 e. The lowest BCUT2D eigenvalue weighted by Gasteiger charge is -2.12. The Kier molecular flexibility index (Phi) is 2.68. The molecule has 3 nitrogen and oxygen atoms in total. The lowest BCUT2D eigenvalue weighted by molar-refractivity contribution is 0.327. The van der Waals surface area contributed by atoms with Crippen LogP contribution in [0.5, 0.6) is 17.2 Å². The minimum absolute atomic E-state index is 0.624. The van der Waals surface area contributed by atoms with Crippen molar-refractivity contribution in [3.63, 3.8) is 0 Å². The zero-order valence-corrected chi connectivity index (χ0v) is 9.60. The van der Waals surface area contributed by atoms with Gasteiger partial charge in [-0.15, -0.1) is 11.3 Å². The molecular weight excluding hydrogens is 212 g/mol. The third kappa shape index (κ3) is 1.51. The van der Waals surface area contributed by atoms with Crippen LogP contribution in [0.2, 0.25) is 0 Å². The van der Waals surface area contributed by atoms with Crippen molar-refractivity contribution in [3.05, 3.63) is 17.5 Å².